The lowest BCUT2D eigenvalue weighted by molar-refractivity contribution is -0.156. The van der Waals surface area contributed by atoms with Gasteiger partial charge in [0.15, 0.2) is 29.0 Å². The van der Waals surface area contributed by atoms with Crippen molar-refractivity contribution in [3.63, 3.8) is 0 Å². The van der Waals surface area contributed by atoms with Crippen LogP contribution in [-0.2, 0) is 65.3 Å². The molecule has 6 aromatic carbocycles. The lowest BCUT2D eigenvalue weighted by atomic mass is 9.71. The quantitative estimate of drug-likeness (QED) is 0.0285. The summed E-state index contributed by atoms with van der Waals surface area (Å²) >= 11 is 4.40. The molecule has 6 aliphatic rings. The van der Waals surface area contributed by atoms with Crippen molar-refractivity contribution < 1.29 is 58.5 Å². The molecule has 12 aromatic rings. The van der Waals surface area contributed by atoms with Crippen LogP contribution >= 0.6 is 34.0 Å². The standard InChI is InChI=1S/C41H47N3O4S.C40H46N4O4S.C38H41N3O4S/c1-40(2,3)36-15-14-35(49-36)34(45)21-31(38(46)44-24-33(25-44)39(47)48)20-26-6-8-30(9-7-26)37-42-22-32(23-43-37)28-12-10-27(11-13-28)29-16-18-41(4,5)19-17-29;1-4-26-5-9-28(10-6-26)29-13-15-30(16-14-29)32-21-41-37(42-22-32)31-11-7-27(8-12-31)20-35(39(46)44-23-33(24-44)40(47)48)43-38(45)36-18-17-34(49-36)19-25(2)3;1-38(2,3)34-17-16-33(46-34)32(42)19-29(36(43)41-22-31(23-41)37(44)45)18-24-8-10-28(11-9-24)35-39-20-30(21-40-35)27-14-12-26(13-15-27)25-6-4-5-7-25/h6-15,22-23,29,31,33H,16-21,24-25H2,1-5H3,(H,47,48);7-8,11-18,21-22,25-26,28,33,35H,4-6,9-10,19-20,23-24H2,1-3H3,(H,43,45)(H,47,48);8-17,20-21,25,29,31H,4-7,18-19,22-23H2,1-3H3,(H,44,45)/t31-;26?,28?,35-;29-/m101/s1. The molecule has 0 unspecified atom stereocenters. The van der Waals surface area contributed by atoms with Crippen LogP contribution < -0.4 is 5.32 Å². The summed E-state index contributed by atoms with van der Waals surface area (Å²) in [4.78, 5) is 152. The Kier molecular flexibility index (Phi) is 33.4. The Morgan fingerprint density at radius 2 is 0.701 bits per heavy atom. The fraction of sp³-hybridized carbons (Fsp3) is 0.420. The Balaban J connectivity index is 0.000000155. The number of aliphatic carboxylic acids is 3. The SMILES string of the molecule is CC(C)(C)c1ccc(C(=O)C[C@@H](Cc2ccc(-c3ncc(-c4ccc(C5CCCC5)cc4)cn3)cc2)C(=O)N2CC(C(=O)O)C2)s1.CC1(C)CCC(c2ccc(-c3cnc(-c4ccc(C[C@H](CC(=O)c5ccc(C(C)(C)C)s5)C(=O)N5CC(C(=O)O)C5)cc4)nc3)cc2)CC1.CCC1CCC(c2ccc(-c3cnc(-c4ccc(C[C@H](NC(=O)c5ccc(CC(C)C)s5)C(=O)N5CC(C(=O)O)C5)cc4)nc3)cc2)CC1. The van der Waals surface area contributed by atoms with E-state index in [1.807, 2.05) is 140 Å². The van der Waals surface area contributed by atoms with Gasteiger partial charge in [0, 0.05) is 156 Å². The fourth-order valence-electron chi connectivity index (χ4n) is 20.3. The van der Waals surface area contributed by atoms with Crippen LogP contribution in [0.1, 0.15) is 267 Å². The maximum Gasteiger partial charge on any atom is 0.310 e. The summed E-state index contributed by atoms with van der Waals surface area (Å²) in [5.41, 5.74) is 16.1. The normalized spacial score (nSPS) is 17.4. The first-order valence-corrected chi connectivity index (χ1v) is 53.7. The van der Waals surface area contributed by atoms with Crippen LogP contribution in [-0.4, -0.2) is 158 Å². The average molecular weight is 1990 g/mol. The van der Waals surface area contributed by atoms with Gasteiger partial charge < -0.3 is 35.3 Å². The van der Waals surface area contributed by atoms with E-state index in [2.05, 4.69) is 184 Å². The second-order valence-electron chi connectivity index (χ2n) is 43.7. The van der Waals surface area contributed by atoms with E-state index in [1.54, 1.807) is 15.9 Å². The van der Waals surface area contributed by atoms with E-state index in [-0.39, 0.29) is 105 Å². The number of hydrogen-bond acceptors (Lipinski definition) is 18. The first kappa shape index (κ1) is 104. The van der Waals surface area contributed by atoms with Crippen LogP contribution in [0.4, 0.5) is 0 Å². The predicted molar refractivity (Wildman–Crippen MR) is 569 cm³/mol. The van der Waals surface area contributed by atoms with Gasteiger partial charge in [-0.1, -0.05) is 241 Å². The van der Waals surface area contributed by atoms with Gasteiger partial charge in [-0.25, -0.2) is 29.9 Å². The van der Waals surface area contributed by atoms with Crippen molar-refractivity contribution in [2.75, 3.05) is 39.3 Å². The number of benzene rings is 6. The van der Waals surface area contributed by atoms with Crippen molar-refractivity contribution in [3.05, 3.63) is 282 Å². The highest BCUT2D eigenvalue weighted by molar-refractivity contribution is 7.14. The summed E-state index contributed by atoms with van der Waals surface area (Å²) < 4.78 is 0. The molecule has 9 heterocycles. The van der Waals surface area contributed by atoms with Crippen LogP contribution in [0.15, 0.2) is 219 Å². The minimum atomic E-state index is -0.913. The lowest BCUT2D eigenvalue weighted by Gasteiger charge is -2.38. The number of ketones is 2. The highest BCUT2D eigenvalue weighted by Gasteiger charge is 2.43. The van der Waals surface area contributed by atoms with Crippen LogP contribution in [0.25, 0.3) is 67.5 Å². The molecule has 3 aliphatic carbocycles. The molecule has 18 rings (SSSR count). The highest BCUT2D eigenvalue weighted by atomic mass is 32.1. The van der Waals surface area contributed by atoms with Crippen LogP contribution in [0.2, 0.25) is 0 Å². The van der Waals surface area contributed by atoms with Gasteiger partial charge in [0.25, 0.3) is 5.91 Å². The predicted octanol–water partition coefficient (Wildman–Crippen LogP) is 24.3. The molecule has 3 aliphatic heterocycles. The summed E-state index contributed by atoms with van der Waals surface area (Å²) in [6.45, 7) is 25.0. The van der Waals surface area contributed by atoms with Gasteiger partial charge >= 0.3 is 17.9 Å². The summed E-state index contributed by atoms with van der Waals surface area (Å²) in [5.74, 6) is -1.38. The molecule has 144 heavy (non-hydrogen) atoms. The zero-order valence-corrected chi connectivity index (χ0v) is 87.0. The van der Waals surface area contributed by atoms with Crippen molar-refractivity contribution in [2.24, 2.45) is 46.8 Å². The Morgan fingerprint density at radius 1 is 0.375 bits per heavy atom. The van der Waals surface area contributed by atoms with Gasteiger partial charge in [-0.15, -0.1) is 34.0 Å². The summed E-state index contributed by atoms with van der Waals surface area (Å²) in [5, 5.41) is 30.9. The Bertz CT molecular complexity index is 6460. The topological polar surface area (TPSA) is 313 Å². The van der Waals surface area contributed by atoms with Crippen molar-refractivity contribution in [2.45, 2.75) is 233 Å². The fourth-order valence-corrected chi connectivity index (χ4v) is 23.5. The number of carbonyl (C=O) groups is 9. The number of rotatable bonds is 32. The van der Waals surface area contributed by atoms with Crippen molar-refractivity contribution in [3.8, 4) is 67.5 Å². The van der Waals surface area contributed by atoms with Crippen molar-refractivity contribution in [1.82, 2.24) is 49.9 Å². The number of nitrogens with one attached hydrogen (secondary N) is 1. The largest absolute Gasteiger partial charge is 0.481 e. The number of likely N-dealkylation sites (tertiary alicyclic amines) is 3. The van der Waals surface area contributed by atoms with E-state index in [9.17, 15) is 58.5 Å². The summed E-state index contributed by atoms with van der Waals surface area (Å²) in [6.07, 6.45) is 30.0. The maximum atomic E-state index is 13.6. The molecule has 0 radical (unpaired) electrons. The third-order valence-electron chi connectivity index (χ3n) is 29.8. The van der Waals surface area contributed by atoms with E-state index in [0.717, 1.165) is 93.7 Å². The molecule has 25 heteroatoms. The number of thiophene rings is 3. The highest BCUT2D eigenvalue weighted by Crippen LogP contribution is 2.45. The number of amides is 4. The smallest absolute Gasteiger partial charge is 0.310 e. The molecule has 4 amide bonds. The van der Waals surface area contributed by atoms with Gasteiger partial charge in [-0.3, -0.25) is 43.2 Å². The lowest BCUT2D eigenvalue weighted by Crippen LogP contribution is -2.59. The van der Waals surface area contributed by atoms with E-state index < -0.39 is 53.5 Å². The first-order valence-electron chi connectivity index (χ1n) is 51.2. The maximum absolute atomic E-state index is 13.6. The molecule has 6 fully saturated rings. The number of carboxylic acid groups (broad SMARTS) is 3. The van der Waals surface area contributed by atoms with Crippen LogP contribution in [0, 0.1) is 46.8 Å². The number of hydrogen-bond donors (Lipinski definition) is 4. The molecule has 750 valence electrons. The molecule has 6 aromatic heterocycles. The molecule has 3 saturated heterocycles. The van der Waals surface area contributed by atoms with Gasteiger partial charge in [-0.2, -0.15) is 0 Å². The number of Topliss-reactive ketones (excluding diaryl/α,β-unsaturated/α-hetero) is 2. The monoisotopic (exact) mass is 1990 g/mol. The minimum absolute atomic E-state index is 0.0616. The van der Waals surface area contributed by atoms with Gasteiger partial charge in [0.2, 0.25) is 17.7 Å². The number of carboxylic acids is 3. The zero-order valence-electron chi connectivity index (χ0n) is 84.6. The minimum Gasteiger partial charge on any atom is -0.481 e. The van der Waals surface area contributed by atoms with Gasteiger partial charge in [0.05, 0.1) is 32.4 Å². The Hall–Kier alpha value is -12.7. The second kappa shape index (κ2) is 46.1. The third kappa shape index (κ3) is 26.5. The molecule has 22 nitrogen and oxygen atoms in total. The van der Waals surface area contributed by atoms with E-state index in [1.165, 1.54) is 139 Å². The number of carbonyl (C=O) groups excluding carboxylic acids is 6. The number of nitrogens with zero attached hydrogens (tertiary/aromatic N) is 9. The third-order valence-corrected chi connectivity index (χ3v) is 34.0. The van der Waals surface area contributed by atoms with Crippen molar-refractivity contribution in [1.29, 1.82) is 0 Å². The molecule has 4 N–H and O–H groups in total. The van der Waals surface area contributed by atoms with Crippen LogP contribution in [0.5, 0.6) is 0 Å². The first-order chi connectivity index (χ1) is 69.0. The van der Waals surface area contributed by atoms with Crippen LogP contribution in [0.3, 0.4) is 0 Å². The van der Waals surface area contributed by atoms with E-state index >= 15 is 0 Å². The summed E-state index contributed by atoms with van der Waals surface area (Å²) in [6, 6.07) is 60.5. The molecular weight excluding hydrogens is 1860 g/mol. The molecule has 3 atom stereocenters. The molecule has 3 saturated carbocycles. The average Bonchev–Trinajstić information content (AvgIpc) is 1.25. The van der Waals surface area contributed by atoms with Crippen molar-refractivity contribution >= 4 is 87.1 Å². The zero-order chi connectivity index (χ0) is 102. The van der Waals surface area contributed by atoms with E-state index in [0.29, 0.717) is 74.0 Å². The van der Waals surface area contributed by atoms with Gasteiger partial charge in [-0.05, 0) is 216 Å². The summed E-state index contributed by atoms with van der Waals surface area (Å²) in [7, 11) is 0. The number of aromatic nitrogens is 6. The van der Waals surface area contributed by atoms with E-state index in [4.69, 9.17) is 0 Å². The Labute approximate surface area is 857 Å². The molecule has 0 bridgehead atoms. The Morgan fingerprint density at radius 3 is 1.03 bits per heavy atom. The molecular formula is C119H134N10O12S3. The second-order valence-corrected chi connectivity index (χ2v) is 47.0. The van der Waals surface area contributed by atoms with Gasteiger partial charge in [0.1, 0.15) is 6.04 Å². The molecule has 0 spiro atoms.